The van der Waals surface area contributed by atoms with Gasteiger partial charge in [-0.1, -0.05) is 72.8 Å². The van der Waals surface area contributed by atoms with Gasteiger partial charge >= 0.3 is 5.97 Å². The SMILES string of the molecule is CN(CC[C@@H](Oc1ccc(-c2ccccc2)cc1)c1ccccc1)CC(=O)O. The second kappa shape index (κ2) is 9.72. The zero-order chi connectivity index (χ0) is 19.8. The van der Waals surface area contributed by atoms with Crippen molar-refractivity contribution in [2.24, 2.45) is 0 Å². The van der Waals surface area contributed by atoms with Crippen molar-refractivity contribution in [3.05, 3.63) is 90.5 Å². The Labute approximate surface area is 166 Å². The first-order valence-electron chi connectivity index (χ1n) is 9.39. The van der Waals surface area contributed by atoms with Crippen LogP contribution < -0.4 is 4.74 Å². The van der Waals surface area contributed by atoms with E-state index in [1.807, 2.05) is 67.7 Å². The Balaban J connectivity index is 1.71. The number of hydrogen-bond donors (Lipinski definition) is 1. The highest BCUT2D eigenvalue weighted by Crippen LogP contribution is 2.27. The maximum absolute atomic E-state index is 10.9. The van der Waals surface area contributed by atoms with Gasteiger partial charge in [0.1, 0.15) is 11.9 Å². The number of likely N-dealkylation sites (N-methyl/N-ethyl adjacent to an activating group) is 1. The van der Waals surface area contributed by atoms with Crippen molar-refractivity contribution < 1.29 is 14.6 Å². The van der Waals surface area contributed by atoms with Crippen LogP contribution in [-0.4, -0.2) is 36.1 Å². The lowest BCUT2D eigenvalue weighted by Gasteiger charge is -2.22. The highest BCUT2D eigenvalue weighted by atomic mass is 16.5. The third-order valence-corrected chi connectivity index (χ3v) is 4.59. The van der Waals surface area contributed by atoms with E-state index < -0.39 is 5.97 Å². The third kappa shape index (κ3) is 5.69. The molecule has 0 aliphatic rings. The topological polar surface area (TPSA) is 49.8 Å². The number of benzene rings is 3. The molecule has 0 aliphatic carbocycles. The predicted molar refractivity (Wildman–Crippen MR) is 111 cm³/mol. The van der Waals surface area contributed by atoms with Crippen LogP contribution in [0.4, 0.5) is 0 Å². The molecule has 0 heterocycles. The van der Waals surface area contributed by atoms with Crippen LogP contribution in [-0.2, 0) is 4.79 Å². The molecule has 0 aromatic heterocycles. The lowest BCUT2D eigenvalue weighted by Crippen LogP contribution is -2.28. The highest BCUT2D eigenvalue weighted by Gasteiger charge is 2.15. The van der Waals surface area contributed by atoms with Gasteiger partial charge in [-0.2, -0.15) is 0 Å². The molecule has 0 bridgehead atoms. The molecule has 3 rings (SSSR count). The van der Waals surface area contributed by atoms with Gasteiger partial charge in [-0.05, 0) is 35.9 Å². The maximum Gasteiger partial charge on any atom is 0.317 e. The fraction of sp³-hybridized carbons (Fsp3) is 0.208. The lowest BCUT2D eigenvalue weighted by molar-refractivity contribution is -0.138. The van der Waals surface area contributed by atoms with E-state index in [2.05, 4.69) is 24.3 Å². The van der Waals surface area contributed by atoms with E-state index in [4.69, 9.17) is 9.84 Å². The largest absolute Gasteiger partial charge is 0.486 e. The Bertz CT molecular complexity index is 863. The standard InChI is InChI=1S/C24H25NO3/c1-25(18-24(26)27)17-16-23(21-10-6-3-7-11-21)28-22-14-12-20(13-15-22)19-8-4-2-5-9-19/h2-15,23H,16-18H2,1H3,(H,26,27)/t23-/m1/s1. The predicted octanol–water partition coefficient (Wildman–Crippen LogP) is 4.88. The van der Waals surface area contributed by atoms with Crippen LogP contribution in [0.1, 0.15) is 18.1 Å². The minimum atomic E-state index is -0.823. The third-order valence-electron chi connectivity index (χ3n) is 4.59. The zero-order valence-electron chi connectivity index (χ0n) is 16.0. The minimum Gasteiger partial charge on any atom is -0.486 e. The molecule has 0 amide bonds. The Kier molecular flexibility index (Phi) is 6.82. The van der Waals surface area contributed by atoms with E-state index in [-0.39, 0.29) is 12.6 Å². The van der Waals surface area contributed by atoms with Gasteiger partial charge in [0.2, 0.25) is 0 Å². The molecule has 4 heteroatoms. The second-order valence-electron chi connectivity index (χ2n) is 6.83. The van der Waals surface area contributed by atoms with Crippen molar-refractivity contribution in [2.45, 2.75) is 12.5 Å². The number of aliphatic carboxylic acids is 1. The number of carboxylic acid groups (broad SMARTS) is 1. The van der Waals surface area contributed by atoms with Crippen LogP contribution in [0.25, 0.3) is 11.1 Å². The molecule has 4 nitrogen and oxygen atoms in total. The normalized spacial score (nSPS) is 11.9. The molecule has 28 heavy (non-hydrogen) atoms. The van der Waals surface area contributed by atoms with Crippen LogP contribution in [0.5, 0.6) is 5.75 Å². The van der Waals surface area contributed by atoms with Crippen LogP contribution in [0.15, 0.2) is 84.9 Å². The smallest absolute Gasteiger partial charge is 0.317 e. The molecule has 1 atom stereocenters. The summed E-state index contributed by atoms with van der Waals surface area (Å²) < 4.78 is 6.27. The molecule has 0 unspecified atom stereocenters. The minimum absolute atomic E-state index is 0.0211. The quantitative estimate of drug-likeness (QED) is 0.579. The van der Waals surface area contributed by atoms with Crippen molar-refractivity contribution in [2.75, 3.05) is 20.1 Å². The molecule has 0 fully saturated rings. The summed E-state index contributed by atoms with van der Waals surface area (Å²) in [6.07, 6.45) is 0.564. The summed E-state index contributed by atoms with van der Waals surface area (Å²) in [7, 11) is 1.81. The highest BCUT2D eigenvalue weighted by molar-refractivity contribution is 5.69. The molecule has 0 saturated carbocycles. The van der Waals surface area contributed by atoms with E-state index in [0.29, 0.717) is 13.0 Å². The van der Waals surface area contributed by atoms with Gasteiger partial charge in [-0.3, -0.25) is 9.69 Å². The van der Waals surface area contributed by atoms with Gasteiger partial charge in [0.05, 0.1) is 6.54 Å². The fourth-order valence-electron chi connectivity index (χ4n) is 3.13. The zero-order valence-corrected chi connectivity index (χ0v) is 16.0. The molecule has 1 N–H and O–H groups in total. The Morgan fingerprint density at radius 1 is 0.893 bits per heavy atom. The summed E-state index contributed by atoms with van der Waals surface area (Å²) in [6.45, 7) is 0.654. The summed E-state index contributed by atoms with van der Waals surface area (Å²) in [5, 5.41) is 8.95. The first kappa shape index (κ1) is 19.6. The Morgan fingerprint density at radius 2 is 1.46 bits per heavy atom. The molecule has 0 saturated heterocycles. The van der Waals surface area contributed by atoms with Crippen molar-refractivity contribution in [3.8, 4) is 16.9 Å². The van der Waals surface area contributed by atoms with E-state index >= 15 is 0 Å². The number of rotatable bonds is 9. The van der Waals surface area contributed by atoms with Crippen LogP contribution in [0.2, 0.25) is 0 Å². The van der Waals surface area contributed by atoms with Crippen LogP contribution >= 0.6 is 0 Å². The van der Waals surface area contributed by atoms with E-state index in [1.54, 1.807) is 4.90 Å². The average molecular weight is 375 g/mol. The summed E-state index contributed by atoms with van der Waals surface area (Å²) >= 11 is 0. The van der Waals surface area contributed by atoms with Crippen LogP contribution in [0.3, 0.4) is 0 Å². The van der Waals surface area contributed by atoms with Gasteiger partial charge in [0, 0.05) is 13.0 Å². The average Bonchev–Trinajstić information content (AvgIpc) is 2.72. The summed E-state index contributed by atoms with van der Waals surface area (Å²) in [5.74, 6) is -0.0226. The van der Waals surface area contributed by atoms with E-state index in [9.17, 15) is 4.79 Å². The number of carbonyl (C=O) groups is 1. The van der Waals surface area contributed by atoms with Crippen molar-refractivity contribution >= 4 is 5.97 Å². The molecule has 0 aliphatic heterocycles. The Morgan fingerprint density at radius 3 is 2.07 bits per heavy atom. The summed E-state index contributed by atoms with van der Waals surface area (Å²) in [6, 6.07) is 28.4. The van der Waals surface area contributed by atoms with Gasteiger partial charge in [0.25, 0.3) is 0 Å². The lowest BCUT2D eigenvalue weighted by atomic mass is 10.0. The van der Waals surface area contributed by atoms with Gasteiger partial charge < -0.3 is 9.84 Å². The van der Waals surface area contributed by atoms with Gasteiger partial charge in [0.15, 0.2) is 0 Å². The maximum atomic E-state index is 10.9. The Hall–Kier alpha value is -3.11. The fourth-order valence-corrected chi connectivity index (χ4v) is 3.13. The first-order valence-corrected chi connectivity index (χ1v) is 9.39. The number of ether oxygens (including phenoxy) is 1. The molecule has 0 radical (unpaired) electrons. The van der Waals surface area contributed by atoms with Crippen molar-refractivity contribution in [1.29, 1.82) is 0 Å². The van der Waals surface area contributed by atoms with E-state index in [1.165, 1.54) is 5.56 Å². The summed E-state index contributed by atoms with van der Waals surface area (Å²) in [4.78, 5) is 12.7. The summed E-state index contributed by atoms with van der Waals surface area (Å²) in [5.41, 5.74) is 3.40. The number of hydrogen-bond acceptors (Lipinski definition) is 3. The molecule has 3 aromatic carbocycles. The number of carboxylic acids is 1. The second-order valence-corrected chi connectivity index (χ2v) is 6.83. The molecule has 144 valence electrons. The molecular formula is C24H25NO3. The molecule has 3 aromatic rings. The number of nitrogens with zero attached hydrogens (tertiary/aromatic N) is 1. The monoisotopic (exact) mass is 375 g/mol. The van der Waals surface area contributed by atoms with Crippen molar-refractivity contribution in [1.82, 2.24) is 4.90 Å². The van der Waals surface area contributed by atoms with Crippen molar-refractivity contribution in [3.63, 3.8) is 0 Å². The molecular weight excluding hydrogens is 350 g/mol. The molecule has 0 spiro atoms. The first-order chi connectivity index (χ1) is 13.6. The van der Waals surface area contributed by atoms with Gasteiger partial charge in [-0.25, -0.2) is 0 Å². The van der Waals surface area contributed by atoms with Crippen LogP contribution in [0, 0.1) is 0 Å². The van der Waals surface area contributed by atoms with Gasteiger partial charge in [-0.15, -0.1) is 0 Å². The van der Waals surface area contributed by atoms with E-state index in [0.717, 1.165) is 16.9 Å².